The van der Waals surface area contributed by atoms with Crippen molar-refractivity contribution >= 4 is 46.3 Å². The first kappa shape index (κ1) is 22.2. The van der Waals surface area contributed by atoms with Gasteiger partial charge >= 0.3 is 5.97 Å². The highest BCUT2D eigenvalue weighted by Crippen LogP contribution is 2.27. The molecule has 1 amide bonds. The maximum Gasteiger partial charge on any atom is 0.316 e. The molecule has 1 aromatic heterocycles. The third kappa shape index (κ3) is 6.24. The lowest BCUT2D eigenvalue weighted by Crippen LogP contribution is -2.42. The minimum atomic E-state index is -0.472. The number of halogens is 1. The zero-order chi connectivity index (χ0) is 21.7. The smallest absolute Gasteiger partial charge is 0.316 e. The molecule has 0 aliphatic heterocycles. The number of aromatic nitrogens is 2. The molecule has 0 radical (unpaired) electrons. The van der Waals surface area contributed by atoms with Gasteiger partial charge in [-0.1, -0.05) is 53.7 Å². The Morgan fingerprint density at radius 2 is 1.90 bits per heavy atom. The number of rotatable bonds is 7. The number of esters is 1. The monoisotopic (exact) mass is 445 g/mol. The Kier molecular flexibility index (Phi) is 7.05. The average molecular weight is 446 g/mol. The van der Waals surface area contributed by atoms with E-state index < -0.39 is 5.97 Å². The Morgan fingerprint density at radius 3 is 2.60 bits per heavy atom. The number of nitrogens with zero attached hydrogens (tertiary/aromatic N) is 2. The number of thioether (sulfide) groups is 1. The van der Waals surface area contributed by atoms with E-state index in [0.29, 0.717) is 16.7 Å². The van der Waals surface area contributed by atoms with Gasteiger partial charge in [0.25, 0.3) is 5.91 Å². The topological polar surface area (TPSA) is 73.2 Å². The molecule has 30 heavy (non-hydrogen) atoms. The van der Waals surface area contributed by atoms with Crippen molar-refractivity contribution in [2.45, 2.75) is 38.0 Å². The van der Waals surface area contributed by atoms with Gasteiger partial charge in [0.05, 0.1) is 23.3 Å². The molecule has 0 unspecified atom stereocenters. The van der Waals surface area contributed by atoms with E-state index in [4.69, 9.17) is 16.3 Å². The summed E-state index contributed by atoms with van der Waals surface area (Å²) in [5.41, 5.74) is 2.44. The number of carbonyl (C=O) groups is 2. The van der Waals surface area contributed by atoms with E-state index in [-0.39, 0.29) is 23.8 Å². The summed E-state index contributed by atoms with van der Waals surface area (Å²) in [7, 11) is 0. The first-order valence-corrected chi connectivity index (χ1v) is 10.9. The van der Waals surface area contributed by atoms with Gasteiger partial charge in [0.1, 0.15) is 0 Å². The first-order valence-electron chi connectivity index (χ1n) is 9.50. The van der Waals surface area contributed by atoms with Crippen LogP contribution in [0.15, 0.2) is 53.7 Å². The molecule has 0 atom stereocenters. The van der Waals surface area contributed by atoms with Crippen LogP contribution in [0.25, 0.3) is 11.0 Å². The molecule has 1 N–H and O–H groups in total. The van der Waals surface area contributed by atoms with E-state index in [2.05, 4.69) is 10.3 Å². The van der Waals surface area contributed by atoms with Crippen molar-refractivity contribution < 1.29 is 14.3 Å². The molecule has 3 aromatic rings. The molecule has 3 rings (SSSR count). The van der Waals surface area contributed by atoms with Gasteiger partial charge in [0.2, 0.25) is 0 Å². The van der Waals surface area contributed by atoms with Crippen LogP contribution in [0.4, 0.5) is 0 Å². The maximum atomic E-state index is 12.1. The molecule has 1 heterocycles. The minimum absolute atomic E-state index is 0.0502. The molecule has 0 fully saturated rings. The van der Waals surface area contributed by atoms with Gasteiger partial charge in [-0.05, 0) is 44.5 Å². The van der Waals surface area contributed by atoms with Gasteiger partial charge in [-0.15, -0.1) is 0 Å². The number of benzene rings is 2. The zero-order valence-electron chi connectivity index (χ0n) is 17.1. The number of nitrogens with one attached hydrogen (secondary N) is 1. The summed E-state index contributed by atoms with van der Waals surface area (Å²) in [5, 5.41) is 4.05. The van der Waals surface area contributed by atoms with Crippen LogP contribution in [-0.2, 0) is 20.9 Å². The fraction of sp³-hybridized carbons (Fsp3) is 0.318. The Morgan fingerprint density at radius 1 is 1.17 bits per heavy atom. The molecule has 0 saturated carbocycles. The molecule has 0 bridgehead atoms. The first-order chi connectivity index (χ1) is 14.2. The number of carbonyl (C=O) groups excluding carboxylic acids is 2. The van der Waals surface area contributed by atoms with Crippen molar-refractivity contribution in [3.8, 4) is 0 Å². The number of amides is 1. The van der Waals surface area contributed by atoms with Crippen molar-refractivity contribution in [3.05, 3.63) is 59.1 Å². The lowest BCUT2D eigenvalue weighted by atomic mass is 10.1. The van der Waals surface area contributed by atoms with Gasteiger partial charge in [-0.2, -0.15) is 0 Å². The molecule has 0 spiro atoms. The molecule has 158 valence electrons. The van der Waals surface area contributed by atoms with Gasteiger partial charge in [0, 0.05) is 10.6 Å². The van der Waals surface area contributed by atoms with Gasteiger partial charge in [-0.3, -0.25) is 9.59 Å². The quantitative estimate of drug-likeness (QED) is 0.434. The lowest BCUT2D eigenvalue weighted by molar-refractivity contribution is -0.146. The van der Waals surface area contributed by atoms with Crippen LogP contribution in [0.3, 0.4) is 0 Å². The lowest BCUT2D eigenvalue weighted by Gasteiger charge is -2.20. The van der Waals surface area contributed by atoms with Crippen molar-refractivity contribution in [2.75, 3.05) is 12.4 Å². The summed E-state index contributed by atoms with van der Waals surface area (Å²) < 4.78 is 7.14. The van der Waals surface area contributed by atoms with Gasteiger partial charge in [0.15, 0.2) is 11.8 Å². The minimum Gasteiger partial charge on any atom is -0.455 e. The summed E-state index contributed by atoms with van der Waals surface area (Å²) in [6.07, 6.45) is 0. The fourth-order valence-corrected chi connectivity index (χ4v) is 3.85. The fourth-order valence-electron chi connectivity index (χ4n) is 2.88. The number of ether oxygens (including phenoxy) is 1. The summed E-state index contributed by atoms with van der Waals surface area (Å²) >= 11 is 7.39. The SMILES string of the molecule is CC(C)(C)NC(=O)COC(=O)CSc1nc2cc(Cl)ccc2n1Cc1ccccc1. The van der Waals surface area contributed by atoms with Crippen LogP contribution in [-0.4, -0.2) is 39.3 Å². The van der Waals surface area contributed by atoms with Crippen molar-refractivity contribution in [3.63, 3.8) is 0 Å². The Labute approximate surface area is 185 Å². The highest BCUT2D eigenvalue weighted by atomic mass is 35.5. The highest BCUT2D eigenvalue weighted by molar-refractivity contribution is 7.99. The Bertz CT molecular complexity index is 1040. The van der Waals surface area contributed by atoms with E-state index in [1.165, 1.54) is 11.8 Å². The predicted octanol–water partition coefficient (Wildman–Crippen LogP) is 4.29. The number of fused-ring (bicyclic) bond motifs is 1. The molecule has 0 aliphatic rings. The predicted molar refractivity (Wildman–Crippen MR) is 120 cm³/mol. The molecule has 0 saturated heterocycles. The van der Waals surface area contributed by atoms with Crippen LogP contribution in [0, 0.1) is 0 Å². The third-order valence-corrected chi connectivity index (χ3v) is 5.24. The van der Waals surface area contributed by atoms with Crippen LogP contribution in [0.1, 0.15) is 26.3 Å². The van der Waals surface area contributed by atoms with Gasteiger partial charge in [-0.25, -0.2) is 4.98 Å². The van der Waals surface area contributed by atoms with E-state index in [0.717, 1.165) is 16.6 Å². The van der Waals surface area contributed by atoms with E-state index in [1.54, 1.807) is 6.07 Å². The van der Waals surface area contributed by atoms with Crippen molar-refractivity contribution in [1.29, 1.82) is 0 Å². The van der Waals surface area contributed by atoms with Crippen LogP contribution in [0.5, 0.6) is 0 Å². The van der Waals surface area contributed by atoms with Crippen molar-refractivity contribution in [1.82, 2.24) is 14.9 Å². The normalized spacial score (nSPS) is 11.5. The summed E-state index contributed by atoms with van der Waals surface area (Å²) in [6.45, 7) is 5.92. The second-order valence-corrected chi connectivity index (χ2v) is 9.23. The zero-order valence-corrected chi connectivity index (χ0v) is 18.7. The van der Waals surface area contributed by atoms with Crippen LogP contribution < -0.4 is 5.32 Å². The number of hydrogen-bond donors (Lipinski definition) is 1. The van der Waals surface area contributed by atoms with Crippen LogP contribution in [0.2, 0.25) is 5.02 Å². The Hall–Kier alpha value is -2.51. The highest BCUT2D eigenvalue weighted by Gasteiger charge is 2.17. The summed E-state index contributed by atoms with van der Waals surface area (Å²) in [5.74, 6) is -0.749. The molecule has 8 heteroatoms. The van der Waals surface area contributed by atoms with Crippen molar-refractivity contribution in [2.24, 2.45) is 0 Å². The average Bonchev–Trinajstić information content (AvgIpc) is 3.00. The molecule has 6 nitrogen and oxygen atoms in total. The molecular formula is C22H24ClN3O3S. The standard InChI is InChI=1S/C22H24ClN3O3S/c1-22(2,3)25-19(27)13-29-20(28)14-30-21-24-17-11-16(23)9-10-18(17)26(21)12-15-7-5-4-6-8-15/h4-11H,12-14H2,1-3H3,(H,25,27). The van der Waals surface area contributed by atoms with E-state index >= 15 is 0 Å². The number of imidazole rings is 1. The molecular weight excluding hydrogens is 422 g/mol. The molecule has 2 aromatic carbocycles. The molecule has 0 aliphatic carbocycles. The van der Waals surface area contributed by atoms with Crippen LogP contribution >= 0.6 is 23.4 Å². The largest absolute Gasteiger partial charge is 0.455 e. The third-order valence-electron chi connectivity index (χ3n) is 4.06. The summed E-state index contributed by atoms with van der Waals surface area (Å²) in [4.78, 5) is 28.6. The van der Waals surface area contributed by atoms with E-state index in [9.17, 15) is 9.59 Å². The Balaban J connectivity index is 1.70. The summed E-state index contributed by atoms with van der Waals surface area (Å²) in [6, 6.07) is 15.6. The second-order valence-electron chi connectivity index (χ2n) is 7.85. The number of hydrogen-bond acceptors (Lipinski definition) is 5. The maximum absolute atomic E-state index is 12.1. The van der Waals surface area contributed by atoms with E-state index in [1.807, 2.05) is 67.8 Å². The van der Waals surface area contributed by atoms with Gasteiger partial charge < -0.3 is 14.6 Å². The second kappa shape index (κ2) is 9.53.